The van der Waals surface area contributed by atoms with Crippen LogP contribution in [-0.2, 0) is 5.41 Å². The molecule has 0 heterocycles. The summed E-state index contributed by atoms with van der Waals surface area (Å²) >= 11 is 3.54. The molecule has 1 aromatic rings. The predicted molar refractivity (Wildman–Crippen MR) is 81.5 cm³/mol. The van der Waals surface area contributed by atoms with E-state index in [1.165, 1.54) is 5.56 Å². The third kappa shape index (κ3) is 4.29. The summed E-state index contributed by atoms with van der Waals surface area (Å²) in [6, 6.07) is 6.74. The van der Waals surface area contributed by atoms with E-state index in [-0.39, 0.29) is 5.41 Å². The number of nitrogens with one attached hydrogen (secondary N) is 1. The average Bonchev–Trinajstić information content (AvgIpc) is 2.28. The molecule has 0 spiro atoms. The molecular formula is C15H24BrNO. The van der Waals surface area contributed by atoms with Crippen LogP contribution in [0.2, 0.25) is 0 Å². The van der Waals surface area contributed by atoms with Crippen molar-refractivity contribution in [2.75, 3.05) is 13.7 Å². The molecule has 0 aliphatic rings. The summed E-state index contributed by atoms with van der Waals surface area (Å²) in [6.07, 6.45) is 1.08. The average molecular weight is 314 g/mol. The Hall–Kier alpha value is -0.540. The maximum atomic E-state index is 5.47. The van der Waals surface area contributed by atoms with E-state index in [0.717, 1.165) is 23.2 Å². The molecule has 2 nitrogen and oxygen atoms in total. The van der Waals surface area contributed by atoms with Crippen LogP contribution in [0.25, 0.3) is 0 Å². The van der Waals surface area contributed by atoms with Crippen LogP contribution in [0.1, 0.15) is 39.7 Å². The van der Waals surface area contributed by atoms with E-state index >= 15 is 0 Å². The highest BCUT2D eigenvalue weighted by Gasteiger charge is 2.24. The van der Waals surface area contributed by atoms with Crippen molar-refractivity contribution in [2.24, 2.45) is 0 Å². The van der Waals surface area contributed by atoms with E-state index in [4.69, 9.17) is 4.74 Å². The molecule has 1 aromatic carbocycles. The van der Waals surface area contributed by atoms with Crippen LogP contribution < -0.4 is 10.1 Å². The van der Waals surface area contributed by atoms with Gasteiger partial charge in [-0.1, -0.05) is 43.6 Å². The van der Waals surface area contributed by atoms with Crippen LogP contribution in [0, 0.1) is 0 Å². The first kappa shape index (κ1) is 15.5. The highest BCUT2D eigenvalue weighted by Crippen LogP contribution is 2.35. The van der Waals surface area contributed by atoms with Crippen molar-refractivity contribution in [3.63, 3.8) is 0 Å². The first-order valence-electron chi connectivity index (χ1n) is 6.44. The molecule has 0 bridgehead atoms. The molecule has 0 atom stereocenters. The molecule has 0 unspecified atom stereocenters. The number of halogens is 1. The molecule has 1 rings (SSSR count). The molecule has 0 fully saturated rings. The van der Waals surface area contributed by atoms with Crippen molar-refractivity contribution in [3.8, 4) is 5.75 Å². The van der Waals surface area contributed by atoms with Gasteiger partial charge in [0.1, 0.15) is 5.75 Å². The minimum absolute atomic E-state index is 0.0943. The van der Waals surface area contributed by atoms with Crippen molar-refractivity contribution in [3.05, 3.63) is 28.2 Å². The van der Waals surface area contributed by atoms with Crippen LogP contribution in [-0.4, -0.2) is 19.7 Å². The first-order valence-corrected chi connectivity index (χ1v) is 7.23. The van der Waals surface area contributed by atoms with Gasteiger partial charge in [-0.15, -0.1) is 0 Å². The Kier molecular flexibility index (Phi) is 5.67. The van der Waals surface area contributed by atoms with E-state index in [9.17, 15) is 0 Å². The zero-order valence-corrected chi connectivity index (χ0v) is 13.6. The lowest BCUT2D eigenvalue weighted by Crippen LogP contribution is -2.29. The Bertz CT molecular complexity index is 388. The van der Waals surface area contributed by atoms with Gasteiger partial charge in [-0.25, -0.2) is 0 Å². The molecule has 0 aromatic heterocycles. The maximum absolute atomic E-state index is 5.47. The molecule has 102 valence electrons. The van der Waals surface area contributed by atoms with Gasteiger partial charge in [-0.05, 0) is 36.6 Å². The normalized spacial score (nSPS) is 11.9. The van der Waals surface area contributed by atoms with Gasteiger partial charge in [0.05, 0.1) is 7.11 Å². The van der Waals surface area contributed by atoms with Gasteiger partial charge < -0.3 is 10.1 Å². The summed E-state index contributed by atoms with van der Waals surface area (Å²) in [6.45, 7) is 9.89. The molecule has 0 radical (unpaired) electrons. The standard InChI is InChI=1S/C15H24BrNO/c1-11(2)17-9-8-15(3,4)13-10-12(16)6-7-14(13)18-5/h6-7,10-11,17H,8-9H2,1-5H3. The van der Waals surface area contributed by atoms with Gasteiger partial charge >= 0.3 is 0 Å². The van der Waals surface area contributed by atoms with Crippen molar-refractivity contribution in [2.45, 2.75) is 45.6 Å². The number of hydrogen-bond donors (Lipinski definition) is 1. The summed E-state index contributed by atoms with van der Waals surface area (Å²) in [5.74, 6) is 0.966. The third-order valence-corrected chi connectivity index (χ3v) is 3.69. The summed E-state index contributed by atoms with van der Waals surface area (Å²) in [5, 5.41) is 3.47. The smallest absolute Gasteiger partial charge is 0.122 e. The lowest BCUT2D eigenvalue weighted by molar-refractivity contribution is 0.379. The summed E-state index contributed by atoms with van der Waals surface area (Å²) in [5.41, 5.74) is 1.35. The zero-order valence-electron chi connectivity index (χ0n) is 12.0. The monoisotopic (exact) mass is 313 g/mol. The summed E-state index contributed by atoms with van der Waals surface area (Å²) in [7, 11) is 1.73. The number of methoxy groups -OCH3 is 1. The lowest BCUT2D eigenvalue weighted by atomic mass is 9.81. The largest absolute Gasteiger partial charge is 0.496 e. The highest BCUT2D eigenvalue weighted by atomic mass is 79.9. The Morgan fingerprint density at radius 2 is 2.00 bits per heavy atom. The molecule has 0 amide bonds. The number of ether oxygens (including phenoxy) is 1. The van der Waals surface area contributed by atoms with Gasteiger partial charge in [0, 0.05) is 16.1 Å². The summed E-state index contributed by atoms with van der Waals surface area (Å²) in [4.78, 5) is 0. The number of benzene rings is 1. The molecule has 0 aliphatic heterocycles. The van der Waals surface area contributed by atoms with Gasteiger partial charge in [0.15, 0.2) is 0 Å². The van der Waals surface area contributed by atoms with E-state index in [0.29, 0.717) is 6.04 Å². The van der Waals surface area contributed by atoms with Crippen molar-refractivity contribution in [1.29, 1.82) is 0 Å². The fraction of sp³-hybridized carbons (Fsp3) is 0.600. The van der Waals surface area contributed by atoms with Crippen LogP contribution in [0.15, 0.2) is 22.7 Å². The van der Waals surface area contributed by atoms with Gasteiger partial charge in [0.2, 0.25) is 0 Å². The SMILES string of the molecule is COc1ccc(Br)cc1C(C)(C)CCNC(C)C. The molecule has 1 N–H and O–H groups in total. The topological polar surface area (TPSA) is 21.3 Å². The number of rotatable bonds is 6. The maximum Gasteiger partial charge on any atom is 0.122 e. The Morgan fingerprint density at radius 3 is 2.56 bits per heavy atom. The molecule has 0 aliphatic carbocycles. The zero-order chi connectivity index (χ0) is 13.8. The predicted octanol–water partition coefficient (Wildman–Crippen LogP) is 4.12. The minimum atomic E-state index is 0.0943. The Labute approximate surface area is 119 Å². The molecular weight excluding hydrogens is 290 g/mol. The second-order valence-electron chi connectivity index (χ2n) is 5.59. The van der Waals surface area contributed by atoms with E-state index < -0.39 is 0 Å². The van der Waals surface area contributed by atoms with Gasteiger partial charge in [0.25, 0.3) is 0 Å². The van der Waals surface area contributed by atoms with Crippen LogP contribution in [0.3, 0.4) is 0 Å². The quantitative estimate of drug-likeness (QED) is 0.853. The van der Waals surface area contributed by atoms with Crippen LogP contribution in [0.4, 0.5) is 0 Å². The fourth-order valence-corrected chi connectivity index (χ4v) is 2.38. The summed E-state index contributed by atoms with van der Waals surface area (Å²) < 4.78 is 6.57. The number of hydrogen-bond acceptors (Lipinski definition) is 2. The molecule has 0 saturated heterocycles. The van der Waals surface area contributed by atoms with Crippen molar-refractivity contribution < 1.29 is 4.74 Å². The highest BCUT2D eigenvalue weighted by molar-refractivity contribution is 9.10. The molecule has 18 heavy (non-hydrogen) atoms. The molecule has 0 saturated carbocycles. The fourth-order valence-electron chi connectivity index (χ4n) is 2.02. The third-order valence-electron chi connectivity index (χ3n) is 3.19. The van der Waals surface area contributed by atoms with E-state index in [2.05, 4.69) is 55.0 Å². The van der Waals surface area contributed by atoms with Crippen LogP contribution >= 0.6 is 15.9 Å². The van der Waals surface area contributed by atoms with Crippen molar-refractivity contribution >= 4 is 15.9 Å². The second-order valence-corrected chi connectivity index (χ2v) is 6.50. The van der Waals surface area contributed by atoms with Gasteiger partial charge in [-0.3, -0.25) is 0 Å². The lowest BCUT2D eigenvalue weighted by Gasteiger charge is -2.28. The van der Waals surface area contributed by atoms with E-state index in [1.54, 1.807) is 7.11 Å². The molecule has 3 heteroatoms. The van der Waals surface area contributed by atoms with Gasteiger partial charge in [-0.2, -0.15) is 0 Å². The van der Waals surface area contributed by atoms with Crippen LogP contribution in [0.5, 0.6) is 5.75 Å². The first-order chi connectivity index (χ1) is 8.36. The Morgan fingerprint density at radius 1 is 1.33 bits per heavy atom. The van der Waals surface area contributed by atoms with Crippen molar-refractivity contribution in [1.82, 2.24) is 5.32 Å². The second kappa shape index (κ2) is 6.58. The van der Waals surface area contributed by atoms with E-state index in [1.807, 2.05) is 12.1 Å². The minimum Gasteiger partial charge on any atom is -0.496 e. The Balaban J connectivity index is 2.85.